The van der Waals surface area contributed by atoms with E-state index in [0.29, 0.717) is 0 Å². The first-order valence-corrected chi connectivity index (χ1v) is 5.07. The van der Waals surface area contributed by atoms with Crippen LogP contribution >= 0.6 is 0 Å². The van der Waals surface area contributed by atoms with E-state index in [-0.39, 0.29) is 11.7 Å². The Morgan fingerprint density at radius 3 is 2.15 bits per heavy atom. The van der Waals surface area contributed by atoms with Gasteiger partial charge in [-0.15, -0.1) is 0 Å². The van der Waals surface area contributed by atoms with Gasteiger partial charge in [0.05, 0.1) is 0 Å². The molecule has 0 aliphatic heterocycles. The summed E-state index contributed by atoms with van der Waals surface area (Å²) in [5, 5.41) is 2.46. The number of nitrogens with one attached hydrogen (secondary N) is 1. The molecule has 0 aromatic heterocycles. The van der Waals surface area contributed by atoms with Crippen molar-refractivity contribution in [2.75, 3.05) is 7.05 Å². The van der Waals surface area contributed by atoms with Crippen molar-refractivity contribution < 1.29 is 9.53 Å². The van der Waals surface area contributed by atoms with Gasteiger partial charge in [-0.1, -0.05) is 13.8 Å². The molecule has 1 rings (SSSR count). The number of ether oxygens (including phenoxy) is 1. The first-order chi connectivity index (χ1) is 6.16. The smallest absolute Gasteiger partial charge is 0.407 e. The lowest BCUT2D eigenvalue weighted by Crippen LogP contribution is -2.32. The number of amides is 1. The topological polar surface area (TPSA) is 38.3 Å². The number of carbonyl (C=O) groups excluding carboxylic acids is 1. The maximum atomic E-state index is 10.8. The van der Waals surface area contributed by atoms with Gasteiger partial charge < -0.3 is 10.1 Å². The molecule has 0 heterocycles. The van der Waals surface area contributed by atoms with Gasteiger partial charge in [0.25, 0.3) is 0 Å². The fraction of sp³-hybridized carbons (Fsp3) is 0.900. The minimum absolute atomic E-state index is 0.194. The average Bonchev–Trinajstić information content (AvgIpc) is 2.55. The largest absolute Gasteiger partial charge is 0.443 e. The van der Waals surface area contributed by atoms with E-state index in [0.717, 1.165) is 12.8 Å². The molecule has 1 N–H and O–H groups in total. The number of hydrogen-bond donors (Lipinski definition) is 1. The molecule has 0 atom stereocenters. The van der Waals surface area contributed by atoms with E-state index in [1.165, 1.54) is 12.8 Å². The first-order valence-electron chi connectivity index (χ1n) is 5.07. The SMILES string of the molecule is CC.CNC(=O)OC1(C)CCCC1. The molecule has 0 aromatic carbocycles. The number of alkyl carbamates (subject to hydrolysis) is 1. The van der Waals surface area contributed by atoms with Crippen molar-refractivity contribution in [1.29, 1.82) is 0 Å². The van der Waals surface area contributed by atoms with Crippen LogP contribution in [0.25, 0.3) is 0 Å². The van der Waals surface area contributed by atoms with Gasteiger partial charge in [0.15, 0.2) is 0 Å². The zero-order valence-corrected chi connectivity index (χ0v) is 9.14. The fourth-order valence-corrected chi connectivity index (χ4v) is 1.50. The molecule has 1 amide bonds. The molecule has 0 aromatic rings. The van der Waals surface area contributed by atoms with Crippen LogP contribution in [-0.4, -0.2) is 18.7 Å². The molecule has 78 valence electrons. The van der Waals surface area contributed by atoms with Crippen LogP contribution in [0.4, 0.5) is 4.79 Å². The molecule has 0 radical (unpaired) electrons. The van der Waals surface area contributed by atoms with E-state index in [1.807, 2.05) is 20.8 Å². The Morgan fingerprint density at radius 2 is 1.77 bits per heavy atom. The van der Waals surface area contributed by atoms with Crippen molar-refractivity contribution in [2.24, 2.45) is 0 Å². The Morgan fingerprint density at radius 1 is 1.31 bits per heavy atom. The lowest BCUT2D eigenvalue weighted by molar-refractivity contribution is 0.0317. The van der Waals surface area contributed by atoms with Crippen molar-refractivity contribution in [3.05, 3.63) is 0 Å². The van der Waals surface area contributed by atoms with Crippen molar-refractivity contribution in [3.63, 3.8) is 0 Å². The maximum Gasteiger partial charge on any atom is 0.407 e. The molecule has 0 bridgehead atoms. The van der Waals surface area contributed by atoms with E-state index >= 15 is 0 Å². The summed E-state index contributed by atoms with van der Waals surface area (Å²) in [7, 11) is 1.58. The van der Waals surface area contributed by atoms with Gasteiger partial charge >= 0.3 is 6.09 Å². The molecule has 3 nitrogen and oxygen atoms in total. The molecule has 3 heteroatoms. The van der Waals surface area contributed by atoms with Gasteiger partial charge in [0, 0.05) is 7.05 Å². The summed E-state index contributed by atoms with van der Waals surface area (Å²) in [6.07, 6.45) is 4.04. The molecule has 1 fully saturated rings. The van der Waals surface area contributed by atoms with Crippen molar-refractivity contribution >= 4 is 6.09 Å². The molecule has 0 spiro atoms. The number of rotatable bonds is 1. The lowest BCUT2D eigenvalue weighted by atomic mass is 10.1. The molecule has 0 saturated heterocycles. The average molecular weight is 187 g/mol. The zero-order chi connectivity index (χ0) is 10.3. The van der Waals surface area contributed by atoms with E-state index in [9.17, 15) is 4.79 Å². The summed E-state index contributed by atoms with van der Waals surface area (Å²) in [6.45, 7) is 6.00. The predicted octanol–water partition coefficient (Wildman–Crippen LogP) is 2.70. The number of hydrogen-bond acceptors (Lipinski definition) is 2. The Kier molecular flexibility index (Phi) is 5.51. The second-order valence-electron chi connectivity index (χ2n) is 3.30. The summed E-state index contributed by atoms with van der Waals surface area (Å²) in [6, 6.07) is 0. The summed E-state index contributed by atoms with van der Waals surface area (Å²) in [5.41, 5.74) is -0.194. The van der Waals surface area contributed by atoms with Gasteiger partial charge in [-0.3, -0.25) is 0 Å². The van der Waals surface area contributed by atoms with Crippen molar-refractivity contribution in [3.8, 4) is 0 Å². The second-order valence-corrected chi connectivity index (χ2v) is 3.30. The third-order valence-corrected chi connectivity index (χ3v) is 2.20. The van der Waals surface area contributed by atoms with E-state index < -0.39 is 0 Å². The third kappa shape index (κ3) is 4.15. The van der Waals surface area contributed by atoms with Crippen LogP contribution in [0.5, 0.6) is 0 Å². The quantitative estimate of drug-likeness (QED) is 0.685. The van der Waals surface area contributed by atoms with Gasteiger partial charge in [-0.25, -0.2) is 4.79 Å². The Bertz CT molecular complexity index is 151. The number of carbonyl (C=O) groups is 1. The molecule has 0 unspecified atom stereocenters. The van der Waals surface area contributed by atoms with E-state index in [4.69, 9.17) is 4.74 Å². The Labute approximate surface area is 80.8 Å². The lowest BCUT2D eigenvalue weighted by Gasteiger charge is -2.23. The van der Waals surface area contributed by atoms with E-state index in [2.05, 4.69) is 5.32 Å². The Hall–Kier alpha value is -0.730. The maximum absolute atomic E-state index is 10.8. The highest BCUT2D eigenvalue weighted by Gasteiger charge is 2.32. The normalized spacial score (nSPS) is 18.5. The van der Waals surface area contributed by atoms with E-state index in [1.54, 1.807) is 7.05 Å². The highest BCUT2D eigenvalue weighted by atomic mass is 16.6. The summed E-state index contributed by atoms with van der Waals surface area (Å²) < 4.78 is 5.20. The molecule has 1 aliphatic rings. The second kappa shape index (κ2) is 5.84. The van der Waals surface area contributed by atoms with Crippen molar-refractivity contribution in [1.82, 2.24) is 5.32 Å². The minimum atomic E-state index is -0.311. The van der Waals surface area contributed by atoms with Crippen LogP contribution in [0.15, 0.2) is 0 Å². The molecule has 1 saturated carbocycles. The fourth-order valence-electron chi connectivity index (χ4n) is 1.50. The molecule has 13 heavy (non-hydrogen) atoms. The van der Waals surface area contributed by atoms with Crippen LogP contribution in [-0.2, 0) is 4.74 Å². The van der Waals surface area contributed by atoms with Crippen LogP contribution in [0, 0.1) is 0 Å². The monoisotopic (exact) mass is 187 g/mol. The highest BCUT2D eigenvalue weighted by molar-refractivity contribution is 5.67. The molecular formula is C10H21NO2. The summed E-state index contributed by atoms with van der Waals surface area (Å²) >= 11 is 0. The predicted molar refractivity (Wildman–Crippen MR) is 53.8 cm³/mol. The van der Waals surface area contributed by atoms with Crippen LogP contribution in [0.2, 0.25) is 0 Å². The van der Waals surface area contributed by atoms with Crippen LogP contribution in [0.1, 0.15) is 46.5 Å². The minimum Gasteiger partial charge on any atom is -0.443 e. The van der Waals surface area contributed by atoms with Crippen LogP contribution in [0.3, 0.4) is 0 Å². The molecule has 1 aliphatic carbocycles. The Balaban J connectivity index is 0.000000671. The van der Waals surface area contributed by atoms with Gasteiger partial charge in [0.1, 0.15) is 5.60 Å². The highest BCUT2D eigenvalue weighted by Crippen LogP contribution is 2.32. The standard InChI is InChI=1S/C8H15NO2.C2H6/c1-8(5-3-4-6-8)11-7(10)9-2;1-2/h3-6H2,1-2H3,(H,9,10);1-2H3. The first kappa shape index (κ1) is 12.3. The van der Waals surface area contributed by atoms with Crippen LogP contribution < -0.4 is 5.32 Å². The van der Waals surface area contributed by atoms with Gasteiger partial charge in [-0.05, 0) is 32.6 Å². The van der Waals surface area contributed by atoms with Gasteiger partial charge in [-0.2, -0.15) is 0 Å². The molecular weight excluding hydrogens is 166 g/mol. The summed E-state index contributed by atoms with van der Waals surface area (Å²) in [5.74, 6) is 0. The zero-order valence-electron chi connectivity index (χ0n) is 9.14. The van der Waals surface area contributed by atoms with Gasteiger partial charge in [0.2, 0.25) is 0 Å². The third-order valence-electron chi connectivity index (χ3n) is 2.20. The van der Waals surface area contributed by atoms with Crippen molar-refractivity contribution in [2.45, 2.75) is 52.1 Å². The summed E-state index contributed by atoms with van der Waals surface area (Å²) in [4.78, 5) is 10.8.